The van der Waals surface area contributed by atoms with Gasteiger partial charge in [0.15, 0.2) is 0 Å². The first-order valence-electron chi connectivity index (χ1n) is 10.7. The van der Waals surface area contributed by atoms with Gasteiger partial charge in [-0.25, -0.2) is 4.39 Å². The van der Waals surface area contributed by atoms with Crippen molar-refractivity contribution < 1.29 is 18.6 Å². The summed E-state index contributed by atoms with van der Waals surface area (Å²) in [4.78, 5) is 0. The number of hydrogen-bond donors (Lipinski definition) is 1. The Hall–Kier alpha value is -2.11. The van der Waals surface area contributed by atoms with Gasteiger partial charge in [0.2, 0.25) is 6.86 Å². The van der Waals surface area contributed by atoms with E-state index in [1.54, 1.807) is 6.07 Å². The summed E-state index contributed by atoms with van der Waals surface area (Å²) in [6.45, 7) is 0.823. The van der Waals surface area contributed by atoms with Crippen molar-refractivity contribution in [2.45, 2.75) is 55.8 Å². The van der Waals surface area contributed by atoms with Crippen LogP contribution >= 0.6 is 0 Å². The topological polar surface area (TPSA) is 39.7 Å². The first-order valence-corrected chi connectivity index (χ1v) is 10.7. The van der Waals surface area contributed by atoms with Crippen LogP contribution < -0.4 is 14.8 Å². The number of alkyl halides is 1. The summed E-state index contributed by atoms with van der Waals surface area (Å²) in [5, 5.41) is 3.70. The largest absolute Gasteiger partial charge is 0.490 e. The normalized spacial score (nSPS) is 29.1. The Morgan fingerprint density at radius 3 is 2.79 bits per heavy atom. The standard InChI is InChI=1S/C24H28FNO3/c25-16-27-20-9-10-22(29-19-7-8-19)21(13-20)18-14-24(28-15-18)11-4-12-26-23(24)17-5-2-1-3-6-17/h1-3,5-6,9-10,13,18-19,23,26H,4,7-8,11-12,14-16H2/t18-,23+,24-/m1/s1. The maximum atomic E-state index is 12.7. The molecule has 3 fully saturated rings. The summed E-state index contributed by atoms with van der Waals surface area (Å²) in [6, 6.07) is 16.4. The van der Waals surface area contributed by atoms with Crippen LogP contribution in [0.1, 0.15) is 55.2 Å². The molecule has 0 radical (unpaired) electrons. The van der Waals surface area contributed by atoms with Crippen LogP contribution in [0.2, 0.25) is 0 Å². The van der Waals surface area contributed by atoms with Crippen molar-refractivity contribution in [3.05, 3.63) is 59.7 Å². The van der Waals surface area contributed by atoms with E-state index in [0.717, 1.165) is 50.0 Å². The van der Waals surface area contributed by atoms with Crippen LogP contribution in [0.25, 0.3) is 0 Å². The Balaban J connectivity index is 1.43. The van der Waals surface area contributed by atoms with E-state index in [0.29, 0.717) is 18.5 Å². The minimum absolute atomic E-state index is 0.181. The molecule has 1 saturated carbocycles. The van der Waals surface area contributed by atoms with Gasteiger partial charge in [0.05, 0.1) is 24.4 Å². The van der Waals surface area contributed by atoms with Crippen molar-refractivity contribution in [1.29, 1.82) is 0 Å². The quantitative estimate of drug-likeness (QED) is 0.753. The average molecular weight is 397 g/mol. The lowest BCUT2D eigenvalue weighted by Gasteiger charge is -2.41. The third kappa shape index (κ3) is 3.86. The van der Waals surface area contributed by atoms with Crippen molar-refractivity contribution in [3.8, 4) is 11.5 Å². The molecule has 1 N–H and O–H groups in total. The number of hydrogen-bond acceptors (Lipinski definition) is 4. The molecule has 3 atom stereocenters. The SMILES string of the molecule is FCOc1ccc(OC2CC2)c([C@H]2CO[C@]3(CCCN[C@H]3c3ccccc3)C2)c1. The molecule has 3 aliphatic rings. The molecule has 1 spiro atoms. The van der Waals surface area contributed by atoms with E-state index in [-0.39, 0.29) is 17.6 Å². The lowest BCUT2D eigenvalue weighted by atomic mass is 9.77. The van der Waals surface area contributed by atoms with Gasteiger partial charge in [0, 0.05) is 11.5 Å². The molecule has 5 rings (SSSR count). The Morgan fingerprint density at radius 2 is 2.00 bits per heavy atom. The van der Waals surface area contributed by atoms with E-state index in [2.05, 4.69) is 35.6 Å². The molecule has 0 bridgehead atoms. The van der Waals surface area contributed by atoms with Gasteiger partial charge in [-0.3, -0.25) is 0 Å². The van der Waals surface area contributed by atoms with E-state index in [1.165, 1.54) is 5.56 Å². The van der Waals surface area contributed by atoms with Crippen LogP contribution in [0.15, 0.2) is 48.5 Å². The van der Waals surface area contributed by atoms with E-state index < -0.39 is 6.86 Å². The molecule has 154 valence electrons. The summed E-state index contributed by atoms with van der Waals surface area (Å²) >= 11 is 0. The van der Waals surface area contributed by atoms with Gasteiger partial charge in [-0.2, -0.15) is 0 Å². The summed E-state index contributed by atoms with van der Waals surface area (Å²) in [6.07, 6.45) is 5.58. The van der Waals surface area contributed by atoms with Gasteiger partial charge >= 0.3 is 0 Å². The van der Waals surface area contributed by atoms with Crippen LogP contribution in [-0.4, -0.2) is 31.7 Å². The van der Waals surface area contributed by atoms with Crippen molar-refractivity contribution >= 4 is 0 Å². The van der Waals surface area contributed by atoms with Gasteiger partial charge < -0.3 is 19.5 Å². The molecule has 2 saturated heterocycles. The zero-order chi connectivity index (χ0) is 19.7. The maximum Gasteiger partial charge on any atom is 0.228 e. The lowest BCUT2D eigenvalue weighted by Crippen LogP contribution is -2.48. The molecular formula is C24H28FNO3. The number of nitrogens with one attached hydrogen (secondary N) is 1. The molecule has 1 aliphatic carbocycles. The van der Waals surface area contributed by atoms with E-state index >= 15 is 0 Å². The lowest BCUT2D eigenvalue weighted by molar-refractivity contribution is -0.0484. The van der Waals surface area contributed by atoms with Crippen LogP contribution in [-0.2, 0) is 4.74 Å². The number of benzene rings is 2. The highest BCUT2D eigenvalue weighted by molar-refractivity contribution is 5.44. The second-order valence-corrected chi connectivity index (χ2v) is 8.45. The average Bonchev–Trinajstić information content (AvgIpc) is 3.49. The fourth-order valence-corrected chi connectivity index (χ4v) is 4.88. The highest BCUT2D eigenvalue weighted by Crippen LogP contribution is 2.50. The van der Waals surface area contributed by atoms with Crippen molar-refractivity contribution in [2.75, 3.05) is 20.0 Å². The Bertz CT molecular complexity index is 841. The molecule has 2 aliphatic heterocycles. The van der Waals surface area contributed by atoms with Gasteiger partial charge in [0.25, 0.3) is 0 Å². The van der Waals surface area contributed by atoms with Crippen molar-refractivity contribution in [1.82, 2.24) is 5.32 Å². The summed E-state index contributed by atoms with van der Waals surface area (Å²) in [7, 11) is 0. The summed E-state index contributed by atoms with van der Waals surface area (Å²) in [5.74, 6) is 1.65. The van der Waals surface area contributed by atoms with Crippen LogP contribution in [0.5, 0.6) is 11.5 Å². The Morgan fingerprint density at radius 1 is 1.14 bits per heavy atom. The molecule has 0 aromatic heterocycles. The van der Waals surface area contributed by atoms with Gasteiger partial charge in [-0.15, -0.1) is 0 Å². The molecular weight excluding hydrogens is 369 g/mol. The van der Waals surface area contributed by atoms with Gasteiger partial charge in [-0.1, -0.05) is 30.3 Å². The zero-order valence-electron chi connectivity index (χ0n) is 16.6. The molecule has 2 heterocycles. The van der Waals surface area contributed by atoms with Crippen LogP contribution in [0, 0.1) is 0 Å². The first kappa shape index (κ1) is 18.9. The molecule has 29 heavy (non-hydrogen) atoms. The monoisotopic (exact) mass is 397 g/mol. The minimum Gasteiger partial charge on any atom is -0.490 e. The Labute approximate surface area is 171 Å². The molecule has 4 nitrogen and oxygen atoms in total. The minimum atomic E-state index is -0.826. The predicted octanol–water partition coefficient (Wildman–Crippen LogP) is 4.90. The summed E-state index contributed by atoms with van der Waals surface area (Å²) in [5.41, 5.74) is 2.13. The van der Waals surface area contributed by atoms with Crippen LogP contribution in [0.3, 0.4) is 0 Å². The molecule has 5 heteroatoms. The summed E-state index contributed by atoms with van der Waals surface area (Å²) < 4.78 is 30.6. The fourth-order valence-electron chi connectivity index (χ4n) is 4.88. The number of halogens is 1. The van der Waals surface area contributed by atoms with Crippen molar-refractivity contribution in [2.24, 2.45) is 0 Å². The van der Waals surface area contributed by atoms with Gasteiger partial charge in [0.1, 0.15) is 11.5 Å². The van der Waals surface area contributed by atoms with E-state index in [9.17, 15) is 4.39 Å². The molecule has 0 amide bonds. The van der Waals surface area contributed by atoms with Crippen LogP contribution in [0.4, 0.5) is 4.39 Å². The highest BCUT2D eigenvalue weighted by atomic mass is 19.1. The molecule has 0 unspecified atom stereocenters. The third-order valence-corrected chi connectivity index (χ3v) is 6.41. The number of ether oxygens (including phenoxy) is 3. The predicted molar refractivity (Wildman–Crippen MR) is 109 cm³/mol. The second-order valence-electron chi connectivity index (χ2n) is 8.45. The molecule has 2 aromatic rings. The molecule has 2 aromatic carbocycles. The maximum absolute atomic E-state index is 12.7. The number of piperidine rings is 1. The fraction of sp³-hybridized carbons (Fsp3) is 0.500. The Kier molecular flexibility index (Phi) is 5.18. The highest BCUT2D eigenvalue weighted by Gasteiger charge is 2.49. The third-order valence-electron chi connectivity index (χ3n) is 6.41. The van der Waals surface area contributed by atoms with E-state index in [4.69, 9.17) is 14.2 Å². The zero-order valence-corrected chi connectivity index (χ0v) is 16.6. The van der Waals surface area contributed by atoms with E-state index in [1.807, 2.05) is 12.1 Å². The first-order chi connectivity index (χ1) is 14.3. The number of rotatable bonds is 6. The van der Waals surface area contributed by atoms with Crippen molar-refractivity contribution in [3.63, 3.8) is 0 Å². The second kappa shape index (κ2) is 7.96. The smallest absolute Gasteiger partial charge is 0.228 e. The van der Waals surface area contributed by atoms with Gasteiger partial charge in [-0.05, 0) is 62.4 Å².